The van der Waals surface area contributed by atoms with Crippen LogP contribution in [0.5, 0.6) is 0 Å². The molecular formula is C15H18ClNO2. The van der Waals surface area contributed by atoms with Crippen LogP contribution < -0.4 is 5.32 Å². The highest BCUT2D eigenvalue weighted by atomic mass is 35.5. The van der Waals surface area contributed by atoms with Crippen molar-refractivity contribution in [3.63, 3.8) is 0 Å². The second-order valence-corrected chi connectivity index (χ2v) is 6.13. The monoisotopic (exact) mass is 279 g/mol. The largest absolute Gasteiger partial charge is 0.396 e. The van der Waals surface area contributed by atoms with E-state index in [1.165, 1.54) is 12.8 Å². The zero-order valence-electron chi connectivity index (χ0n) is 10.7. The summed E-state index contributed by atoms with van der Waals surface area (Å²) in [6.45, 7) is 0.168. The van der Waals surface area contributed by atoms with Gasteiger partial charge in [0.1, 0.15) is 0 Å². The molecule has 102 valence electrons. The topological polar surface area (TPSA) is 49.3 Å². The van der Waals surface area contributed by atoms with E-state index < -0.39 is 0 Å². The number of amides is 1. The minimum Gasteiger partial charge on any atom is -0.396 e. The average molecular weight is 280 g/mol. The molecule has 1 aromatic carbocycles. The summed E-state index contributed by atoms with van der Waals surface area (Å²) in [4.78, 5) is 12.2. The van der Waals surface area contributed by atoms with Gasteiger partial charge in [-0.3, -0.25) is 4.79 Å². The summed E-state index contributed by atoms with van der Waals surface area (Å²) in [5.74, 6) is 1.25. The first-order valence-electron chi connectivity index (χ1n) is 6.86. The summed E-state index contributed by atoms with van der Waals surface area (Å²) in [5, 5.41) is 13.2. The number of nitrogens with one attached hydrogen (secondary N) is 1. The van der Waals surface area contributed by atoms with Crippen LogP contribution in [0, 0.1) is 17.8 Å². The molecule has 0 spiro atoms. The van der Waals surface area contributed by atoms with Crippen LogP contribution in [0.1, 0.15) is 29.6 Å². The highest BCUT2D eigenvalue weighted by molar-refractivity contribution is 6.30. The Kier molecular flexibility index (Phi) is 3.50. The van der Waals surface area contributed by atoms with Crippen LogP contribution in [0.15, 0.2) is 24.3 Å². The third-order valence-electron chi connectivity index (χ3n) is 4.68. The van der Waals surface area contributed by atoms with Crippen LogP contribution in [-0.4, -0.2) is 23.7 Å². The van der Waals surface area contributed by atoms with Crippen LogP contribution in [0.3, 0.4) is 0 Å². The number of aliphatic hydroxyl groups is 1. The van der Waals surface area contributed by atoms with Gasteiger partial charge in [-0.15, -0.1) is 0 Å². The fourth-order valence-corrected chi connectivity index (χ4v) is 3.95. The van der Waals surface area contributed by atoms with Crippen molar-refractivity contribution in [2.45, 2.75) is 25.3 Å². The summed E-state index contributed by atoms with van der Waals surface area (Å²) in [7, 11) is 0. The summed E-state index contributed by atoms with van der Waals surface area (Å²) in [5.41, 5.74) is 0.590. The number of aliphatic hydroxyl groups excluding tert-OH is 1. The molecule has 2 fully saturated rings. The van der Waals surface area contributed by atoms with Gasteiger partial charge in [0.25, 0.3) is 5.91 Å². The molecule has 4 heteroatoms. The zero-order chi connectivity index (χ0) is 13.4. The van der Waals surface area contributed by atoms with Gasteiger partial charge in [0.2, 0.25) is 0 Å². The van der Waals surface area contributed by atoms with Crippen molar-refractivity contribution in [3.05, 3.63) is 34.9 Å². The van der Waals surface area contributed by atoms with Crippen molar-refractivity contribution in [1.82, 2.24) is 5.32 Å². The molecule has 2 aliphatic carbocycles. The molecule has 4 atom stereocenters. The lowest BCUT2D eigenvalue weighted by molar-refractivity contribution is 0.0861. The standard InChI is InChI=1S/C15H18ClNO2/c16-12-3-1-2-11(7-12)15(19)17-14-10-5-4-9(6-10)13(14)8-18/h1-3,7,9-10,13-14,18H,4-6,8H2,(H,17,19). The summed E-state index contributed by atoms with van der Waals surface area (Å²) >= 11 is 5.90. The molecule has 1 amide bonds. The predicted octanol–water partition coefficient (Wildman–Crippen LogP) is 2.48. The summed E-state index contributed by atoms with van der Waals surface area (Å²) in [6, 6.07) is 7.10. The number of hydrogen-bond donors (Lipinski definition) is 2. The van der Waals surface area contributed by atoms with E-state index in [-0.39, 0.29) is 24.5 Å². The molecule has 2 bridgehead atoms. The Hall–Kier alpha value is -1.06. The van der Waals surface area contributed by atoms with E-state index in [1.807, 2.05) is 0 Å². The lowest BCUT2D eigenvalue weighted by Crippen LogP contribution is -2.45. The van der Waals surface area contributed by atoms with Gasteiger partial charge in [0, 0.05) is 29.2 Å². The van der Waals surface area contributed by atoms with Crippen molar-refractivity contribution >= 4 is 17.5 Å². The van der Waals surface area contributed by atoms with Gasteiger partial charge in [0.05, 0.1) is 0 Å². The minimum atomic E-state index is -0.0847. The van der Waals surface area contributed by atoms with Crippen molar-refractivity contribution in [2.24, 2.45) is 17.8 Å². The Morgan fingerprint density at radius 3 is 2.89 bits per heavy atom. The number of carbonyl (C=O) groups excluding carboxylic acids is 1. The Balaban J connectivity index is 1.73. The maximum absolute atomic E-state index is 12.2. The normalized spacial score (nSPS) is 32.5. The highest BCUT2D eigenvalue weighted by Gasteiger charge is 2.47. The smallest absolute Gasteiger partial charge is 0.251 e. The molecule has 0 radical (unpaired) electrons. The number of carbonyl (C=O) groups is 1. The van der Waals surface area contributed by atoms with E-state index in [1.54, 1.807) is 24.3 Å². The van der Waals surface area contributed by atoms with Crippen LogP contribution in [0.25, 0.3) is 0 Å². The zero-order valence-corrected chi connectivity index (χ0v) is 11.4. The SMILES string of the molecule is O=C(NC1C2CCC(C2)C1CO)c1cccc(Cl)c1. The molecule has 0 aliphatic heterocycles. The van der Waals surface area contributed by atoms with Crippen molar-refractivity contribution in [3.8, 4) is 0 Å². The first-order valence-corrected chi connectivity index (χ1v) is 7.24. The van der Waals surface area contributed by atoms with Gasteiger partial charge in [0.15, 0.2) is 0 Å². The van der Waals surface area contributed by atoms with Gasteiger partial charge in [-0.1, -0.05) is 17.7 Å². The number of fused-ring (bicyclic) bond motifs is 2. The molecule has 0 aromatic heterocycles. The first kappa shape index (κ1) is 12.9. The Morgan fingerprint density at radius 1 is 1.37 bits per heavy atom. The molecule has 2 N–H and O–H groups in total. The van der Waals surface area contributed by atoms with Crippen molar-refractivity contribution in [1.29, 1.82) is 0 Å². The third-order valence-corrected chi connectivity index (χ3v) is 4.92. The van der Waals surface area contributed by atoms with Crippen molar-refractivity contribution in [2.75, 3.05) is 6.61 Å². The van der Waals surface area contributed by atoms with Crippen molar-refractivity contribution < 1.29 is 9.90 Å². The molecule has 1 aromatic rings. The van der Waals surface area contributed by atoms with E-state index >= 15 is 0 Å². The Bertz CT molecular complexity index is 491. The van der Waals surface area contributed by atoms with E-state index in [4.69, 9.17) is 11.6 Å². The lowest BCUT2D eigenvalue weighted by Gasteiger charge is -2.30. The highest BCUT2D eigenvalue weighted by Crippen LogP contribution is 2.48. The van der Waals surface area contributed by atoms with E-state index in [9.17, 15) is 9.90 Å². The number of hydrogen-bond acceptors (Lipinski definition) is 2. The van der Waals surface area contributed by atoms with Gasteiger partial charge < -0.3 is 10.4 Å². The number of benzene rings is 1. The molecule has 2 aliphatic rings. The molecule has 19 heavy (non-hydrogen) atoms. The molecule has 2 saturated carbocycles. The molecule has 3 rings (SSSR count). The van der Waals surface area contributed by atoms with Gasteiger partial charge in [-0.2, -0.15) is 0 Å². The first-order chi connectivity index (χ1) is 9.19. The molecule has 0 heterocycles. The van der Waals surface area contributed by atoms with Gasteiger partial charge >= 0.3 is 0 Å². The van der Waals surface area contributed by atoms with Crippen LogP contribution in [0.2, 0.25) is 5.02 Å². The molecular weight excluding hydrogens is 262 g/mol. The quantitative estimate of drug-likeness (QED) is 0.893. The van der Waals surface area contributed by atoms with Gasteiger partial charge in [-0.05, 0) is 49.3 Å². The van der Waals surface area contributed by atoms with Crippen LogP contribution >= 0.6 is 11.6 Å². The summed E-state index contributed by atoms with van der Waals surface area (Å²) in [6.07, 6.45) is 3.51. The molecule has 0 saturated heterocycles. The third kappa shape index (κ3) is 2.37. The Morgan fingerprint density at radius 2 is 2.16 bits per heavy atom. The van der Waals surface area contributed by atoms with Crippen LogP contribution in [-0.2, 0) is 0 Å². The second kappa shape index (κ2) is 5.14. The van der Waals surface area contributed by atoms with Crippen LogP contribution in [0.4, 0.5) is 0 Å². The second-order valence-electron chi connectivity index (χ2n) is 5.69. The van der Waals surface area contributed by atoms with E-state index in [2.05, 4.69) is 5.32 Å². The van der Waals surface area contributed by atoms with E-state index in [0.717, 1.165) is 6.42 Å². The fourth-order valence-electron chi connectivity index (χ4n) is 3.76. The molecule has 4 unspecified atom stereocenters. The summed E-state index contributed by atoms with van der Waals surface area (Å²) < 4.78 is 0. The maximum Gasteiger partial charge on any atom is 0.251 e. The van der Waals surface area contributed by atoms with Gasteiger partial charge in [-0.25, -0.2) is 0 Å². The average Bonchev–Trinajstić information content (AvgIpc) is 2.99. The maximum atomic E-state index is 12.2. The Labute approximate surface area is 118 Å². The number of halogens is 1. The molecule has 3 nitrogen and oxygen atoms in total. The fraction of sp³-hybridized carbons (Fsp3) is 0.533. The predicted molar refractivity (Wildman–Crippen MR) is 74.1 cm³/mol. The lowest BCUT2D eigenvalue weighted by atomic mass is 9.85. The minimum absolute atomic E-state index is 0.0847. The van der Waals surface area contributed by atoms with E-state index in [0.29, 0.717) is 22.4 Å². The number of rotatable bonds is 3.